The van der Waals surface area contributed by atoms with Gasteiger partial charge in [0.1, 0.15) is 5.75 Å². The first-order valence-corrected chi connectivity index (χ1v) is 12.1. The van der Waals surface area contributed by atoms with Gasteiger partial charge in [-0.3, -0.25) is 4.79 Å². The molecule has 188 valence electrons. The van der Waals surface area contributed by atoms with E-state index in [-0.39, 0.29) is 23.5 Å². The van der Waals surface area contributed by atoms with Crippen LogP contribution in [0.25, 0.3) is 10.9 Å². The Morgan fingerprint density at radius 2 is 1.97 bits per heavy atom. The minimum absolute atomic E-state index is 0.0465. The fraction of sp³-hybridized carbons (Fsp3) is 0.429. The predicted octanol–water partition coefficient (Wildman–Crippen LogP) is 5.41. The largest absolute Gasteiger partial charge is 0.432 e. The van der Waals surface area contributed by atoms with E-state index in [1.165, 1.54) is 0 Å². The molecule has 1 aromatic heterocycles. The number of aliphatic hydroxyl groups is 1. The zero-order chi connectivity index (χ0) is 25.9. The highest BCUT2D eigenvalue weighted by molar-refractivity contribution is 6.02. The van der Waals surface area contributed by atoms with Gasteiger partial charge in [-0.2, -0.15) is 14.0 Å². The first-order valence-electron chi connectivity index (χ1n) is 12.1. The van der Waals surface area contributed by atoms with Crippen LogP contribution in [0, 0.1) is 11.3 Å². The lowest BCUT2D eigenvalue weighted by Gasteiger charge is -2.23. The van der Waals surface area contributed by atoms with Crippen molar-refractivity contribution in [3.05, 3.63) is 59.3 Å². The second-order valence-electron chi connectivity index (χ2n) is 11.0. The van der Waals surface area contributed by atoms with Crippen LogP contribution >= 0.6 is 0 Å². The van der Waals surface area contributed by atoms with Gasteiger partial charge >= 0.3 is 6.11 Å². The Morgan fingerprint density at radius 3 is 2.64 bits per heavy atom. The fourth-order valence-corrected chi connectivity index (χ4v) is 5.08. The molecule has 6 nitrogen and oxygen atoms in total. The van der Waals surface area contributed by atoms with Crippen molar-refractivity contribution in [1.82, 2.24) is 4.57 Å². The van der Waals surface area contributed by atoms with Gasteiger partial charge in [0, 0.05) is 39.8 Å². The van der Waals surface area contributed by atoms with Crippen molar-refractivity contribution in [2.45, 2.75) is 76.0 Å². The molecule has 1 aliphatic heterocycles. The van der Waals surface area contributed by atoms with Gasteiger partial charge in [-0.1, -0.05) is 32.9 Å². The second-order valence-corrected chi connectivity index (χ2v) is 11.0. The van der Waals surface area contributed by atoms with Crippen LogP contribution in [-0.4, -0.2) is 27.8 Å². The fourth-order valence-electron chi connectivity index (χ4n) is 5.08. The number of benzene rings is 2. The predicted molar refractivity (Wildman–Crippen MR) is 132 cm³/mol. The molecule has 0 bridgehead atoms. The van der Waals surface area contributed by atoms with Crippen molar-refractivity contribution in [3.63, 3.8) is 0 Å². The second kappa shape index (κ2) is 8.31. The lowest BCUT2D eigenvalue weighted by molar-refractivity contribution is -0.159. The van der Waals surface area contributed by atoms with E-state index in [0.717, 1.165) is 16.6 Å². The standard InChI is InChI=1S/C28H29F2N3O3/c1-26(2,3)24-13-18-12-20(6-7-22(18)33(24)16-21(34)8-11-31)32-25(35)27(9-10-27)19-5-4-17-15-28(29,30)36-23(17)14-19/h4-7,12-14,21,34H,8-10,15-16H2,1-3H3,(H,32,35). The smallest absolute Gasteiger partial charge is 0.402 e. The third-order valence-corrected chi connectivity index (χ3v) is 7.11. The Kier molecular flexibility index (Phi) is 5.60. The number of hydrogen-bond acceptors (Lipinski definition) is 4. The van der Waals surface area contributed by atoms with Crippen molar-refractivity contribution in [2.75, 3.05) is 5.32 Å². The highest BCUT2D eigenvalue weighted by Crippen LogP contribution is 2.51. The number of nitrogens with zero attached hydrogens (tertiary/aromatic N) is 2. The van der Waals surface area contributed by atoms with Crippen LogP contribution in [0.15, 0.2) is 42.5 Å². The molecule has 2 aliphatic rings. The summed E-state index contributed by atoms with van der Waals surface area (Å²) in [6, 6.07) is 14.6. The van der Waals surface area contributed by atoms with E-state index in [1.807, 2.05) is 28.8 Å². The summed E-state index contributed by atoms with van der Waals surface area (Å²) in [5.74, 6) is -0.0286. The number of amides is 1. The van der Waals surface area contributed by atoms with Crippen molar-refractivity contribution >= 4 is 22.5 Å². The maximum Gasteiger partial charge on any atom is 0.402 e. The zero-order valence-corrected chi connectivity index (χ0v) is 20.6. The molecule has 36 heavy (non-hydrogen) atoms. The maximum absolute atomic E-state index is 13.6. The highest BCUT2D eigenvalue weighted by Gasteiger charge is 2.52. The molecule has 1 atom stereocenters. The number of fused-ring (bicyclic) bond motifs is 2. The average molecular weight is 494 g/mol. The number of halogens is 2. The first-order chi connectivity index (χ1) is 16.9. The summed E-state index contributed by atoms with van der Waals surface area (Å²) in [6.45, 7) is 6.57. The van der Waals surface area contributed by atoms with E-state index in [0.29, 0.717) is 36.2 Å². The van der Waals surface area contributed by atoms with E-state index in [9.17, 15) is 18.7 Å². The number of carbonyl (C=O) groups excluding carboxylic acids is 1. The van der Waals surface area contributed by atoms with Gasteiger partial charge in [0.05, 0.1) is 30.4 Å². The van der Waals surface area contributed by atoms with E-state index >= 15 is 0 Å². The van der Waals surface area contributed by atoms with Crippen molar-refractivity contribution in [2.24, 2.45) is 0 Å². The molecular weight excluding hydrogens is 464 g/mol. The molecule has 2 aromatic carbocycles. The summed E-state index contributed by atoms with van der Waals surface area (Å²) in [6.07, 6.45) is -3.12. The molecule has 1 aliphatic carbocycles. The van der Waals surface area contributed by atoms with E-state index in [4.69, 9.17) is 10.00 Å². The van der Waals surface area contributed by atoms with Crippen molar-refractivity contribution in [3.8, 4) is 11.8 Å². The Hall–Kier alpha value is -3.44. The van der Waals surface area contributed by atoms with Crippen molar-refractivity contribution in [1.29, 1.82) is 5.26 Å². The molecule has 1 unspecified atom stereocenters. The van der Waals surface area contributed by atoms with Gasteiger partial charge in [0.2, 0.25) is 5.91 Å². The van der Waals surface area contributed by atoms with Crippen LogP contribution in [0.2, 0.25) is 0 Å². The number of hydrogen-bond donors (Lipinski definition) is 2. The van der Waals surface area contributed by atoms with Gasteiger partial charge < -0.3 is 19.7 Å². The average Bonchev–Trinajstić information content (AvgIpc) is 3.43. The number of ether oxygens (including phenoxy) is 1. The number of aromatic nitrogens is 1. The molecule has 0 saturated heterocycles. The Bertz CT molecular complexity index is 1390. The van der Waals surface area contributed by atoms with Crippen LogP contribution in [0.3, 0.4) is 0 Å². The van der Waals surface area contributed by atoms with Gasteiger partial charge in [0.25, 0.3) is 0 Å². The number of alkyl halides is 2. The number of aliphatic hydroxyl groups excluding tert-OH is 1. The molecule has 0 spiro atoms. The van der Waals surface area contributed by atoms with Crippen LogP contribution in [0.1, 0.15) is 56.9 Å². The third-order valence-electron chi connectivity index (χ3n) is 7.11. The summed E-state index contributed by atoms with van der Waals surface area (Å²) in [5, 5.41) is 23.2. The summed E-state index contributed by atoms with van der Waals surface area (Å²) in [4.78, 5) is 13.3. The van der Waals surface area contributed by atoms with Crippen LogP contribution in [0.5, 0.6) is 5.75 Å². The number of nitrogens with one attached hydrogen (secondary N) is 1. The summed E-state index contributed by atoms with van der Waals surface area (Å²) < 4.78 is 34.1. The molecule has 1 amide bonds. The van der Waals surface area contributed by atoms with E-state index < -0.39 is 24.0 Å². The van der Waals surface area contributed by atoms with Gasteiger partial charge in [-0.05, 0) is 48.7 Å². The van der Waals surface area contributed by atoms with Crippen LogP contribution in [0.4, 0.5) is 14.5 Å². The van der Waals surface area contributed by atoms with E-state index in [1.54, 1.807) is 18.2 Å². The molecule has 3 aromatic rings. The normalized spacial score (nSPS) is 18.2. The SMILES string of the molecule is CC(C)(C)c1cc2cc(NC(=O)C3(c4ccc5c(c4)OC(F)(F)C5)CC3)ccc2n1CC(O)CC#N. The zero-order valence-electron chi connectivity index (χ0n) is 20.6. The Morgan fingerprint density at radius 1 is 1.22 bits per heavy atom. The molecular formula is C28H29F2N3O3. The van der Waals surface area contributed by atoms with Gasteiger partial charge in [-0.15, -0.1) is 0 Å². The van der Waals surface area contributed by atoms with Gasteiger partial charge in [0.15, 0.2) is 0 Å². The summed E-state index contributed by atoms with van der Waals surface area (Å²) >= 11 is 0. The Labute approximate surface area is 208 Å². The van der Waals surface area contributed by atoms with Crippen LogP contribution < -0.4 is 10.1 Å². The van der Waals surface area contributed by atoms with Crippen LogP contribution in [-0.2, 0) is 28.6 Å². The molecule has 1 fully saturated rings. The Balaban J connectivity index is 1.41. The number of nitriles is 1. The quantitative estimate of drug-likeness (QED) is 0.481. The number of rotatable bonds is 6. The summed E-state index contributed by atoms with van der Waals surface area (Å²) in [5.41, 5.74) is 2.75. The third kappa shape index (κ3) is 4.33. The topological polar surface area (TPSA) is 87.3 Å². The molecule has 8 heteroatoms. The lowest BCUT2D eigenvalue weighted by atomic mass is 9.92. The molecule has 0 radical (unpaired) electrons. The molecule has 1 saturated carbocycles. The highest BCUT2D eigenvalue weighted by atomic mass is 19.3. The van der Waals surface area contributed by atoms with E-state index in [2.05, 4.69) is 32.2 Å². The minimum atomic E-state index is -3.21. The maximum atomic E-state index is 13.6. The molecule has 5 rings (SSSR count). The summed E-state index contributed by atoms with van der Waals surface area (Å²) in [7, 11) is 0. The van der Waals surface area contributed by atoms with Crippen molar-refractivity contribution < 1.29 is 23.4 Å². The molecule has 2 N–H and O–H groups in total. The van der Waals surface area contributed by atoms with Gasteiger partial charge in [-0.25, -0.2) is 0 Å². The number of carbonyl (C=O) groups is 1. The monoisotopic (exact) mass is 493 g/mol. The number of anilines is 1. The minimum Gasteiger partial charge on any atom is -0.432 e. The lowest BCUT2D eigenvalue weighted by Crippen LogP contribution is -2.27. The molecule has 2 heterocycles. The first kappa shape index (κ1) is 24.3.